The number of oxazole rings is 1. The maximum atomic E-state index is 13.6. The molecule has 2 rings (SSSR count). The van der Waals surface area contributed by atoms with E-state index in [-0.39, 0.29) is 23.0 Å². The van der Waals surface area contributed by atoms with Crippen molar-refractivity contribution >= 4 is 5.88 Å². The number of nitrogens with one attached hydrogen (secondary N) is 1. The molecule has 0 saturated carbocycles. The van der Waals surface area contributed by atoms with E-state index >= 15 is 0 Å². The number of anilines is 1. The molecule has 0 aliphatic rings. The van der Waals surface area contributed by atoms with Crippen LogP contribution >= 0.6 is 0 Å². The second kappa shape index (κ2) is 5.53. The zero-order valence-electron chi connectivity index (χ0n) is 10.8. The van der Waals surface area contributed by atoms with E-state index in [2.05, 4.69) is 10.3 Å². The average molecular weight is 259 g/mol. The Labute approximate surface area is 110 Å². The number of nitrogens with zero attached hydrogens (tertiary/aromatic N) is 2. The highest BCUT2D eigenvalue weighted by Gasteiger charge is 2.16. The van der Waals surface area contributed by atoms with Gasteiger partial charge in [0.25, 0.3) is 0 Å². The first kappa shape index (κ1) is 13.1. The number of aromatic nitrogens is 1. The molecule has 4 nitrogen and oxygen atoms in total. The minimum atomic E-state index is -0.427. The molecule has 19 heavy (non-hydrogen) atoms. The maximum Gasteiger partial charge on any atom is 0.233 e. The summed E-state index contributed by atoms with van der Waals surface area (Å²) >= 11 is 0. The molecule has 1 heterocycles. The molecule has 0 fully saturated rings. The Hall–Kier alpha value is -2.35. The van der Waals surface area contributed by atoms with Crippen LogP contribution in [-0.4, -0.2) is 11.5 Å². The predicted molar refractivity (Wildman–Crippen MR) is 69.9 cm³/mol. The van der Waals surface area contributed by atoms with Crippen LogP contribution in [0.25, 0.3) is 11.5 Å². The van der Waals surface area contributed by atoms with Gasteiger partial charge in [-0.2, -0.15) is 10.2 Å². The lowest BCUT2D eigenvalue weighted by Gasteiger charge is -2.05. The van der Waals surface area contributed by atoms with Crippen LogP contribution in [-0.2, 0) is 0 Å². The summed E-state index contributed by atoms with van der Waals surface area (Å²) in [6.45, 7) is 4.72. The first-order valence-corrected chi connectivity index (χ1v) is 6.01. The smallest absolute Gasteiger partial charge is 0.233 e. The van der Waals surface area contributed by atoms with Crippen LogP contribution < -0.4 is 5.32 Å². The molecule has 0 atom stereocenters. The molecule has 0 aliphatic heterocycles. The zero-order chi connectivity index (χ0) is 13.8. The van der Waals surface area contributed by atoms with E-state index in [0.29, 0.717) is 12.5 Å². The van der Waals surface area contributed by atoms with E-state index in [1.54, 1.807) is 18.2 Å². The topological polar surface area (TPSA) is 61.9 Å². The van der Waals surface area contributed by atoms with Gasteiger partial charge in [0.05, 0.1) is 5.56 Å². The Morgan fingerprint density at radius 3 is 2.79 bits per heavy atom. The molecule has 0 amide bonds. The number of hydrogen-bond donors (Lipinski definition) is 1. The van der Waals surface area contributed by atoms with Crippen molar-refractivity contribution in [3.8, 4) is 17.5 Å². The van der Waals surface area contributed by atoms with Crippen LogP contribution in [0.1, 0.15) is 19.5 Å². The standard InChI is InChI=1S/C14H14FN3O/c1-9(2)8-17-14-12(7-16)18-13(19-14)10-5-3-4-6-11(10)15/h3-6,9,17H,8H2,1-2H3. The van der Waals surface area contributed by atoms with Crippen molar-refractivity contribution in [2.45, 2.75) is 13.8 Å². The highest BCUT2D eigenvalue weighted by Crippen LogP contribution is 2.27. The molecule has 2 aromatic rings. The molecule has 0 aliphatic carbocycles. The predicted octanol–water partition coefficient (Wildman–Crippen LogP) is 3.42. The van der Waals surface area contributed by atoms with E-state index in [1.807, 2.05) is 19.9 Å². The van der Waals surface area contributed by atoms with Crippen molar-refractivity contribution in [2.75, 3.05) is 11.9 Å². The first-order valence-electron chi connectivity index (χ1n) is 6.01. The van der Waals surface area contributed by atoms with Crippen LogP contribution in [0.15, 0.2) is 28.7 Å². The van der Waals surface area contributed by atoms with E-state index in [4.69, 9.17) is 9.68 Å². The normalized spacial score (nSPS) is 10.5. The summed E-state index contributed by atoms with van der Waals surface area (Å²) in [5.41, 5.74) is 0.385. The lowest BCUT2D eigenvalue weighted by Crippen LogP contribution is -2.08. The molecule has 0 saturated heterocycles. The van der Waals surface area contributed by atoms with Crippen LogP contribution in [0.3, 0.4) is 0 Å². The van der Waals surface area contributed by atoms with Gasteiger partial charge in [-0.1, -0.05) is 26.0 Å². The fourth-order valence-corrected chi connectivity index (χ4v) is 1.56. The summed E-state index contributed by atoms with van der Waals surface area (Å²) in [7, 11) is 0. The number of rotatable bonds is 4. The maximum absolute atomic E-state index is 13.6. The van der Waals surface area contributed by atoms with Crippen LogP contribution in [0.2, 0.25) is 0 Å². The summed E-state index contributed by atoms with van der Waals surface area (Å²) in [5, 5.41) is 12.0. The third-order valence-electron chi connectivity index (χ3n) is 2.51. The Balaban J connectivity index is 2.34. The van der Waals surface area contributed by atoms with Crippen molar-refractivity contribution < 1.29 is 8.81 Å². The highest BCUT2D eigenvalue weighted by molar-refractivity contribution is 5.59. The molecule has 1 N–H and O–H groups in total. The first-order chi connectivity index (χ1) is 9.11. The lowest BCUT2D eigenvalue weighted by atomic mass is 10.2. The second-order valence-electron chi connectivity index (χ2n) is 4.56. The number of hydrogen-bond acceptors (Lipinski definition) is 4. The average Bonchev–Trinajstić information content (AvgIpc) is 2.80. The fraction of sp³-hybridized carbons (Fsp3) is 0.286. The van der Waals surface area contributed by atoms with Crippen LogP contribution in [0, 0.1) is 23.1 Å². The summed E-state index contributed by atoms with van der Waals surface area (Å²) in [6.07, 6.45) is 0. The van der Waals surface area contributed by atoms with Crippen molar-refractivity contribution in [3.63, 3.8) is 0 Å². The van der Waals surface area contributed by atoms with E-state index < -0.39 is 5.82 Å². The molecule has 0 radical (unpaired) electrons. The third kappa shape index (κ3) is 2.91. The molecule has 0 unspecified atom stereocenters. The fourth-order valence-electron chi connectivity index (χ4n) is 1.56. The minimum Gasteiger partial charge on any atom is -0.419 e. The number of benzene rings is 1. The Bertz CT molecular complexity index is 613. The van der Waals surface area contributed by atoms with Gasteiger partial charge < -0.3 is 9.73 Å². The van der Waals surface area contributed by atoms with Crippen molar-refractivity contribution in [2.24, 2.45) is 5.92 Å². The van der Waals surface area contributed by atoms with E-state index in [1.165, 1.54) is 6.07 Å². The van der Waals surface area contributed by atoms with Crippen LogP contribution in [0.5, 0.6) is 0 Å². The highest BCUT2D eigenvalue weighted by atomic mass is 19.1. The molecular weight excluding hydrogens is 245 g/mol. The van der Waals surface area contributed by atoms with Gasteiger partial charge in [-0.25, -0.2) is 4.39 Å². The quantitative estimate of drug-likeness (QED) is 0.913. The van der Waals surface area contributed by atoms with E-state index in [9.17, 15) is 4.39 Å². The Kier molecular flexibility index (Phi) is 3.81. The van der Waals surface area contributed by atoms with Gasteiger partial charge in [0.2, 0.25) is 17.5 Å². The van der Waals surface area contributed by atoms with Crippen LogP contribution in [0.4, 0.5) is 10.3 Å². The van der Waals surface area contributed by atoms with Gasteiger partial charge in [0.1, 0.15) is 11.9 Å². The third-order valence-corrected chi connectivity index (χ3v) is 2.51. The molecule has 5 heteroatoms. The monoisotopic (exact) mass is 259 g/mol. The molecule has 1 aromatic heterocycles. The molecule has 98 valence electrons. The van der Waals surface area contributed by atoms with Crippen molar-refractivity contribution in [1.29, 1.82) is 5.26 Å². The number of halogens is 1. The van der Waals surface area contributed by atoms with Gasteiger partial charge in [0.15, 0.2) is 0 Å². The Morgan fingerprint density at radius 1 is 1.42 bits per heavy atom. The number of nitriles is 1. The Morgan fingerprint density at radius 2 is 2.16 bits per heavy atom. The van der Waals surface area contributed by atoms with Gasteiger partial charge in [-0.05, 0) is 18.1 Å². The summed E-state index contributed by atoms with van der Waals surface area (Å²) in [6, 6.07) is 8.11. The molecule has 1 aromatic carbocycles. The van der Waals surface area contributed by atoms with Gasteiger partial charge in [-0.15, -0.1) is 0 Å². The zero-order valence-corrected chi connectivity index (χ0v) is 10.8. The van der Waals surface area contributed by atoms with Crippen molar-refractivity contribution in [3.05, 3.63) is 35.8 Å². The summed E-state index contributed by atoms with van der Waals surface area (Å²) in [5.74, 6) is 0.368. The van der Waals surface area contributed by atoms with Crippen molar-refractivity contribution in [1.82, 2.24) is 4.98 Å². The lowest BCUT2D eigenvalue weighted by molar-refractivity contribution is 0.563. The summed E-state index contributed by atoms with van der Waals surface area (Å²) < 4.78 is 19.1. The van der Waals surface area contributed by atoms with E-state index in [0.717, 1.165) is 0 Å². The summed E-state index contributed by atoms with van der Waals surface area (Å²) in [4.78, 5) is 4.01. The SMILES string of the molecule is CC(C)CNc1oc(-c2ccccc2F)nc1C#N. The van der Waals surface area contributed by atoms with Gasteiger partial charge in [-0.3, -0.25) is 0 Å². The van der Waals surface area contributed by atoms with Gasteiger partial charge >= 0.3 is 0 Å². The molecular formula is C14H14FN3O. The minimum absolute atomic E-state index is 0.112. The largest absolute Gasteiger partial charge is 0.419 e. The van der Waals surface area contributed by atoms with Gasteiger partial charge in [0, 0.05) is 6.54 Å². The molecule has 0 spiro atoms. The molecule has 0 bridgehead atoms. The second-order valence-corrected chi connectivity index (χ2v) is 4.56.